The zero-order valence-corrected chi connectivity index (χ0v) is 20.2. The highest BCUT2D eigenvalue weighted by molar-refractivity contribution is 7.89. The molecule has 0 saturated carbocycles. The first kappa shape index (κ1) is 24.6. The predicted octanol–water partition coefficient (Wildman–Crippen LogP) is 4.25. The number of carbonyl (C=O) groups excluding carboxylic acids is 2. The van der Waals surface area contributed by atoms with Crippen molar-refractivity contribution in [3.63, 3.8) is 0 Å². The van der Waals surface area contributed by atoms with Crippen molar-refractivity contribution in [2.45, 2.75) is 30.6 Å². The molecule has 0 bridgehead atoms. The highest BCUT2D eigenvalue weighted by atomic mass is 32.2. The number of hydrogen-bond donors (Lipinski definition) is 1. The van der Waals surface area contributed by atoms with Crippen molar-refractivity contribution in [2.24, 2.45) is 0 Å². The van der Waals surface area contributed by atoms with Crippen molar-refractivity contribution in [3.05, 3.63) is 95.6 Å². The highest BCUT2D eigenvalue weighted by Crippen LogP contribution is 2.23. The number of ether oxygens (including phenoxy) is 1. The molecule has 1 fully saturated rings. The van der Waals surface area contributed by atoms with Crippen molar-refractivity contribution in [3.8, 4) is 0 Å². The number of nitrogens with zero attached hydrogens (tertiary/aromatic N) is 1. The third kappa shape index (κ3) is 6.35. The summed E-state index contributed by atoms with van der Waals surface area (Å²) in [7, 11) is -3.62. The lowest BCUT2D eigenvalue weighted by molar-refractivity contribution is -0.119. The van der Waals surface area contributed by atoms with E-state index in [1.165, 1.54) is 16.4 Å². The van der Waals surface area contributed by atoms with E-state index >= 15 is 0 Å². The molecule has 1 N–H and O–H groups in total. The van der Waals surface area contributed by atoms with Gasteiger partial charge in [-0.05, 0) is 54.7 Å². The molecule has 0 aromatic heterocycles. The molecule has 1 saturated heterocycles. The lowest BCUT2D eigenvalue weighted by atomic mass is 10.00. The Kier molecular flexibility index (Phi) is 7.94. The van der Waals surface area contributed by atoms with Crippen molar-refractivity contribution >= 4 is 27.6 Å². The number of anilines is 1. The molecule has 1 aliphatic heterocycles. The first-order valence-electron chi connectivity index (χ1n) is 11.6. The molecule has 1 amide bonds. The summed E-state index contributed by atoms with van der Waals surface area (Å²) in [5.41, 5.74) is 2.59. The summed E-state index contributed by atoms with van der Waals surface area (Å²) in [5.74, 6) is -1.14. The third-order valence-electron chi connectivity index (χ3n) is 5.88. The number of sulfonamides is 1. The van der Waals surface area contributed by atoms with Crippen LogP contribution in [0.25, 0.3) is 0 Å². The standard InChI is InChI=1S/C27H28N2O5S/c30-26(28-23-13-9-14-24(19-23)35(32,33)29-16-7-2-8-17-29)20-34-27(31)25-15-6-5-12-22(25)18-21-10-3-1-4-11-21/h1,3-6,9-15,19H,2,7-8,16-18,20H2,(H,28,30). The van der Waals surface area contributed by atoms with Gasteiger partial charge in [0.1, 0.15) is 0 Å². The van der Waals surface area contributed by atoms with E-state index in [1.54, 1.807) is 24.3 Å². The van der Waals surface area contributed by atoms with E-state index in [4.69, 9.17) is 4.74 Å². The molecule has 7 nitrogen and oxygen atoms in total. The summed E-state index contributed by atoms with van der Waals surface area (Å²) >= 11 is 0. The van der Waals surface area contributed by atoms with E-state index in [1.807, 2.05) is 42.5 Å². The van der Waals surface area contributed by atoms with Crippen LogP contribution in [0, 0.1) is 0 Å². The second kappa shape index (κ2) is 11.3. The van der Waals surface area contributed by atoms with Gasteiger partial charge in [0.15, 0.2) is 6.61 Å². The van der Waals surface area contributed by atoms with Gasteiger partial charge in [0.2, 0.25) is 10.0 Å². The first-order valence-corrected chi connectivity index (χ1v) is 13.1. The van der Waals surface area contributed by atoms with Crippen molar-refractivity contribution in [2.75, 3.05) is 25.0 Å². The summed E-state index contributed by atoms with van der Waals surface area (Å²) < 4.78 is 32.5. The van der Waals surface area contributed by atoms with Gasteiger partial charge < -0.3 is 10.1 Å². The van der Waals surface area contributed by atoms with Crippen molar-refractivity contribution < 1.29 is 22.7 Å². The van der Waals surface area contributed by atoms with Gasteiger partial charge >= 0.3 is 5.97 Å². The Bertz CT molecular complexity index is 1290. The molecule has 1 heterocycles. The topological polar surface area (TPSA) is 92.8 Å². The normalized spacial score (nSPS) is 14.3. The Morgan fingerprint density at radius 1 is 0.857 bits per heavy atom. The Morgan fingerprint density at radius 2 is 1.57 bits per heavy atom. The van der Waals surface area contributed by atoms with Gasteiger partial charge in [0.05, 0.1) is 10.5 Å². The summed E-state index contributed by atoms with van der Waals surface area (Å²) in [6.07, 6.45) is 3.28. The molecule has 0 unspecified atom stereocenters. The predicted molar refractivity (Wildman–Crippen MR) is 134 cm³/mol. The molecule has 182 valence electrons. The number of benzene rings is 3. The van der Waals surface area contributed by atoms with Gasteiger partial charge in [-0.25, -0.2) is 13.2 Å². The summed E-state index contributed by atoms with van der Waals surface area (Å²) in [6.45, 7) is 0.517. The lowest BCUT2D eigenvalue weighted by Gasteiger charge is -2.26. The van der Waals surface area contributed by atoms with Crippen LogP contribution < -0.4 is 5.32 Å². The number of rotatable bonds is 8. The van der Waals surface area contributed by atoms with E-state index in [0.717, 1.165) is 30.4 Å². The Morgan fingerprint density at radius 3 is 2.34 bits per heavy atom. The fourth-order valence-electron chi connectivity index (χ4n) is 4.08. The zero-order valence-electron chi connectivity index (χ0n) is 19.4. The van der Waals surface area contributed by atoms with Gasteiger partial charge in [0.25, 0.3) is 5.91 Å². The molecular weight excluding hydrogens is 464 g/mol. The van der Waals surface area contributed by atoms with Crippen LogP contribution in [0.4, 0.5) is 5.69 Å². The highest BCUT2D eigenvalue weighted by Gasteiger charge is 2.26. The molecule has 35 heavy (non-hydrogen) atoms. The summed E-state index contributed by atoms with van der Waals surface area (Å²) in [5, 5.41) is 2.62. The van der Waals surface area contributed by atoms with Crippen LogP contribution in [-0.2, 0) is 26.0 Å². The van der Waals surface area contributed by atoms with E-state index < -0.39 is 28.5 Å². The maximum atomic E-state index is 12.9. The van der Waals surface area contributed by atoms with Gasteiger partial charge in [-0.15, -0.1) is 0 Å². The minimum atomic E-state index is -3.62. The van der Waals surface area contributed by atoms with Crippen LogP contribution in [0.15, 0.2) is 83.8 Å². The molecule has 0 radical (unpaired) electrons. The monoisotopic (exact) mass is 492 g/mol. The van der Waals surface area contributed by atoms with Crippen LogP contribution in [0.1, 0.15) is 40.7 Å². The first-order chi connectivity index (χ1) is 16.9. The quantitative estimate of drug-likeness (QED) is 0.475. The number of carbonyl (C=O) groups is 2. The molecule has 4 rings (SSSR count). The Labute approximate surface area is 205 Å². The number of nitrogens with one attached hydrogen (secondary N) is 1. The number of esters is 1. The van der Waals surface area contributed by atoms with E-state index in [0.29, 0.717) is 30.8 Å². The third-order valence-corrected chi connectivity index (χ3v) is 7.77. The SMILES string of the molecule is O=C(COC(=O)c1ccccc1Cc1ccccc1)Nc1cccc(S(=O)(=O)N2CCCCC2)c1. The van der Waals surface area contributed by atoms with Crippen molar-refractivity contribution in [1.29, 1.82) is 0 Å². The number of piperidine rings is 1. The molecule has 1 aliphatic rings. The Hall–Kier alpha value is -3.49. The fraction of sp³-hybridized carbons (Fsp3) is 0.259. The zero-order chi connectivity index (χ0) is 24.7. The smallest absolute Gasteiger partial charge is 0.338 e. The maximum Gasteiger partial charge on any atom is 0.338 e. The van der Waals surface area contributed by atoms with Gasteiger partial charge in [-0.2, -0.15) is 4.31 Å². The van der Waals surface area contributed by atoms with E-state index in [-0.39, 0.29) is 4.90 Å². The van der Waals surface area contributed by atoms with Gasteiger partial charge in [-0.3, -0.25) is 4.79 Å². The van der Waals surface area contributed by atoms with Crippen molar-refractivity contribution in [1.82, 2.24) is 4.31 Å². The number of amides is 1. The molecule has 8 heteroatoms. The molecular formula is C27H28N2O5S. The molecule has 3 aromatic carbocycles. The fourth-order valence-corrected chi connectivity index (χ4v) is 5.65. The second-order valence-electron chi connectivity index (χ2n) is 8.44. The maximum absolute atomic E-state index is 12.9. The molecule has 3 aromatic rings. The Balaban J connectivity index is 1.37. The van der Waals surface area contributed by atoms with Gasteiger partial charge in [0, 0.05) is 18.8 Å². The minimum absolute atomic E-state index is 0.129. The van der Waals surface area contributed by atoms with Crippen LogP contribution in [0.3, 0.4) is 0 Å². The van der Waals surface area contributed by atoms with Crippen LogP contribution in [-0.4, -0.2) is 44.3 Å². The average Bonchev–Trinajstić information content (AvgIpc) is 2.89. The van der Waals surface area contributed by atoms with E-state index in [9.17, 15) is 18.0 Å². The van der Waals surface area contributed by atoms with Crippen LogP contribution in [0.5, 0.6) is 0 Å². The average molecular weight is 493 g/mol. The molecule has 0 atom stereocenters. The lowest BCUT2D eigenvalue weighted by Crippen LogP contribution is -2.35. The van der Waals surface area contributed by atoms with E-state index in [2.05, 4.69) is 5.32 Å². The number of hydrogen-bond acceptors (Lipinski definition) is 5. The molecule has 0 spiro atoms. The second-order valence-corrected chi connectivity index (χ2v) is 10.4. The summed E-state index contributed by atoms with van der Waals surface area (Å²) in [4.78, 5) is 25.3. The largest absolute Gasteiger partial charge is 0.452 e. The van der Waals surface area contributed by atoms with Gasteiger partial charge in [-0.1, -0.05) is 61.0 Å². The minimum Gasteiger partial charge on any atom is -0.452 e. The summed E-state index contributed by atoms with van der Waals surface area (Å²) in [6, 6.07) is 23.0. The van der Waals surface area contributed by atoms with Crippen LogP contribution in [0.2, 0.25) is 0 Å². The van der Waals surface area contributed by atoms with Crippen LogP contribution >= 0.6 is 0 Å². The molecule has 0 aliphatic carbocycles.